The molecule has 1 aromatic rings. The van der Waals surface area contributed by atoms with Crippen LogP contribution < -0.4 is 27.0 Å². The molecule has 0 spiro atoms. The average molecular weight is 1380 g/mol. The minimum atomic E-state index is -0.830. The number of hydrogen-bond acceptors (Lipinski definition) is 11. The number of carbonyl (C=O) groups is 7. The quantitative estimate of drug-likeness (QED) is 0.0324. The zero-order valence-electron chi connectivity index (χ0n) is 67.3. The monoisotopic (exact) mass is 1380 g/mol. The molecule has 574 valence electrons. The standard InChI is InChI=1S/C14H22N2O.2C13H25FO.C12H25NO2.C10H22N2O.C10H21NO2.C8H16O/c1-4-7-13(11(2)3)14(17)16-10-12-8-5-6-9-15-12;2*1-5-6-7-13(10(2)3)12(9-14)8-11(4)15;1-6-7-10(9(2)3)11(14)13-8-12(4,5)15;1-4-5-9(8(2)3)10(13)12-7-6-11;1-4-5-9(8(2)3)10(13)11-6-7-12;1-5-8(9)7(4)6(2)3/h5-6,8-9,11,13H,4,7,10H2,1-3H3,(H,16,17);2*10,12-13H,5-9H2,1-4H3;9-10,15H,6-8H2,1-5H3,(H,13,14);8-9H,4-7,11H2,1-3H3,(H,12,13);8-9,12H,4-7H2,1-3H3,(H,11,13);6-7H,5H2,1-4H3/t;2*12-,13?;;;;/m.10..../s1. The number of pyridine rings is 1. The highest BCUT2D eigenvalue weighted by Gasteiger charge is 2.28. The number of ketones is 3. The Hall–Kier alpha value is -4.22. The van der Waals surface area contributed by atoms with Gasteiger partial charge in [-0.15, -0.1) is 0 Å². The Bertz CT molecular complexity index is 1990. The fraction of sp³-hybridized carbons (Fsp3) is 0.850. The molecule has 1 rings (SSSR count). The molecule has 7 unspecified atom stereocenters. The number of unbranched alkanes of at least 4 members (excludes halogenated alkanes) is 2. The minimum absolute atomic E-state index is 0.0165. The molecule has 1 aromatic heterocycles. The summed E-state index contributed by atoms with van der Waals surface area (Å²) >= 11 is 0. The number of nitrogens with two attached hydrogens (primary N) is 1. The molecule has 9 atom stereocenters. The first-order chi connectivity index (χ1) is 45.3. The summed E-state index contributed by atoms with van der Waals surface area (Å²) in [5.41, 5.74) is 5.38. The van der Waals surface area contributed by atoms with Crippen LogP contribution in [0, 0.1) is 94.7 Å². The lowest BCUT2D eigenvalue weighted by Gasteiger charge is -2.27. The number of rotatable bonds is 43. The lowest BCUT2D eigenvalue weighted by molar-refractivity contribution is -0.128. The van der Waals surface area contributed by atoms with Gasteiger partial charge < -0.3 is 46.8 Å². The molecule has 0 fully saturated rings. The molecule has 0 saturated carbocycles. The first-order valence-electron chi connectivity index (χ1n) is 38.0. The van der Waals surface area contributed by atoms with Crippen LogP contribution in [0.4, 0.5) is 8.78 Å². The van der Waals surface area contributed by atoms with Gasteiger partial charge in [-0.3, -0.25) is 37.7 Å². The molecule has 4 amide bonds. The molecule has 0 aliphatic heterocycles. The Morgan fingerprint density at radius 3 is 1.08 bits per heavy atom. The normalized spacial score (nSPS) is 13.9. The van der Waals surface area contributed by atoms with E-state index in [9.17, 15) is 47.4 Å². The van der Waals surface area contributed by atoms with Crippen LogP contribution in [-0.2, 0) is 40.1 Å². The number of Topliss-reactive ketones (excluding diaryl/α,β-unsaturated/α-hetero) is 3. The maximum Gasteiger partial charge on any atom is 0.223 e. The van der Waals surface area contributed by atoms with Gasteiger partial charge in [0.05, 0.1) is 37.8 Å². The molecule has 8 N–H and O–H groups in total. The fourth-order valence-electron chi connectivity index (χ4n) is 11.4. The van der Waals surface area contributed by atoms with Crippen molar-refractivity contribution in [1.82, 2.24) is 26.3 Å². The van der Waals surface area contributed by atoms with Crippen molar-refractivity contribution in [1.29, 1.82) is 0 Å². The number of hydrogen-bond donors (Lipinski definition) is 7. The molecule has 0 saturated heterocycles. The Kier molecular flexibility index (Phi) is 69.7. The van der Waals surface area contributed by atoms with Gasteiger partial charge in [-0.25, -0.2) is 0 Å². The number of carbonyl (C=O) groups excluding carboxylic acids is 7. The van der Waals surface area contributed by atoms with Crippen molar-refractivity contribution in [3.05, 3.63) is 30.1 Å². The first-order valence-corrected chi connectivity index (χ1v) is 38.0. The molecule has 0 radical (unpaired) electrons. The third-order valence-corrected chi connectivity index (χ3v) is 17.7. The molecule has 0 aliphatic carbocycles. The Labute approximate surface area is 595 Å². The topological polar surface area (TPSA) is 247 Å². The van der Waals surface area contributed by atoms with E-state index in [2.05, 4.69) is 165 Å². The van der Waals surface area contributed by atoms with Crippen LogP contribution in [0.5, 0.6) is 0 Å². The van der Waals surface area contributed by atoms with E-state index in [0.717, 1.165) is 95.6 Å². The predicted molar refractivity (Wildman–Crippen MR) is 405 cm³/mol. The number of aliphatic hydroxyl groups is 2. The van der Waals surface area contributed by atoms with Crippen molar-refractivity contribution in [2.45, 2.75) is 301 Å². The fourth-order valence-corrected chi connectivity index (χ4v) is 11.4. The van der Waals surface area contributed by atoms with Gasteiger partial charge in [0.25, 0.3) is 0 Å². The molecule has 0 aromatic carbocycles. The van der Waals surface area contributed by atoms with E-state index in [1.54, 1.807) is 33.9 Å². The number of halogens is 2. The second-order valence-corrected chi connectivity index (χ2v) is 29.8. The lowest BCUT2D eigenvalue weighted by Crippen LogP contribution is -2.42. The van der Waals surface area contributed by atoms with Gasteiger partial charge in [0.1, 0.15) is 17.3 Å². The zero-order chi connectivity index (χ0) is 76.4. The smallest absolute Gasteiger partial charge is 0.223 e. The van der Waals surface area contributed by atoms with Crippen molar-refractivity contribution >= 4 is 41.0 Å². The van der Waals surface area contributed by atoms with Gasteiger partial charge in [-0.05, 0) is 143 Å². The Balaban J connectivity index is -0.000000251. The number of alkyl halides is 2. The van der Waals surface area contributed by atoms with Gasteiger partial charge in [-0.1, -0.05) is 210 Å². The summed E-state index contributed by atoms with van der Waals surface area (Å²) in [5, 5.41) is 29.4. The van der Waals surface area contributed by atoms with Gasteiger partial charge in [-0.2, -0.15) is 0 Å². The Morgan fingerprint density at radius 1 is 0.495 bits per heavy atom. The van der Waals surface area contributed by atoms with Crippen LogP contribution in [0.1, 0.15) is 295 Å². The zero-order valence-corrected chi connectivity index (χ0v) is 67.3. The number of amides is 4. The van der Waals surface area contributed by atoms with Gasteiger partial charge in [0, 0.05) is 81.2 Å². The number of nitrogens with one attached hydrogen (secondary N) is 4. The van der Waals surface area contributed by atoms with E-state index >= 15 is 0 Å². The molecular formula is C80H156F2N6O9. The van der Waals surface area contributed by atoms with E-state index in [4.69, 9.17) is 10.8 Å². The second-order valence-electron chi connectivity index (χ2n) is 29.8. The third-order valence-electron chi connectivity index (χ3n) is 17.7. The van der Waals surface area contributed by atoms with Crippen LogP contribution in [0.3, 0.4) is 0 Å². The molecule has 0 bridgehead atoms. The molecule has 1 heterocycles. The summed E-state index contributed by atoms with van der Waals surface area (Å²) in [4.78, 5) is 84.1. The number of aliphatic hydroxyl groups excluding tert-OH is 1. The molecule has 0 aliphatic rings. The van der Waals surface area contributed by atoms with E-state index < -0.39 is 5.60 Å². The summed E-state index contributed by atoms with van der Waals surface area (Å²) in [7, 11) is 0. The maximum absolute atomic E-state index is 12.9. The number of nitrogens with zero attached hydrogens (tertiary/aromatic N) is 1. The van der Waals surface area contributed by atoms with Crippen LogP contribution in [-0.4, -0.2) is 108 Å². The van der Waals surface area contributed by atoms with Gasteiger partial charge in [0.2, 0.25) is 23.6 Å². The summed E-state index contributed by atoms with van der Waals surface area (Å²) < 4.78 is 25.8. The van der Waals surface area contributed by atoms with Crippen molar-refractivity contribution in [2.24, 2.45) is 100 Å². The van der Waals surface area contributed by atoms with E-state index in [1.807, 2.05) is 32.0 Å². The van der Waals surface area contributed by atoms with Crippen LogP contribution in [0.15, 0.2) is 24.4 Å². The SMILES string of the molecule is CCC(=O)C(C)C(C)C.CCCC(C(=O)NCC(C)(C)O)C(C)C.CCCC(C(=O)NCCN)C(C)C.CCCC(C(=O)NCCO)C(C)C.CCCC(C(=O)NCc1ccccn1)C(C)C.CCCCC(C(C)C)[C@@H](CF)CC(C)=O.CCCCC(C(C)C)[C@H](CF)CC(C)=O. The molecule has 17 heteroatoms. The maximum atomic E-state index is 12.9. The molecule has 97 heavy (non-hydrogen) atoms. The first kappa shape index (κ1) is 104. The predicted octanol–water partition coefficient (Wildman–Crippen LogP) is 17.3. The lowest BCUT2D eigenvalue weighted by atomic mass is 9.78. The highest BCUT2D eigenvalue weighted by atomic mass is 19.1. The largest absolute Gasteiger partial charge is 0.395 e. The summed E-state index contributed by atoms with van der Waals surface area (Å²) in [6.45, 7) is 54.0. The molecular weight excluding hydrogens is 1230 g/mol. The highest BCUT2D eigenvalue weighted by molar-refractivity contribution is 5.81. The number of aromatic nitrogens is 1. The van der Waals surface area contributed by atoms with Crippen molar-refractivity contribution in [3.63, 3.8) is 0 Å². The van der Waals surface area contributed by atoms with Crippen molar-refractivity contribution in [3.8, 4) is 0 Å². The molecule has 15 nitrogen and oxygen atoms in total. The van der Waals surface area contributed by atoms with Crippen LogP contribution >= 0.6 is 0 Å². The van der Waals surface area contributed by atoms with E-state index in [0.29, 0.717) is 111 Å². The van der Waals surface area contributed by atoms with Gasteiger partial charge >= 0.3 is 0 Å². The van der Waals surface area contributed by atoms with Crippen molar-refractivity contribution < 1.29 is 52.6 Å². The summed E-state index contributed by atoms with van der Waals surface area (Å²) in [6.07, 6.45) is 17.8. The van der Waals surface area contributed by atoms with E-state index in [-0.39, 0.29) is 96.6 Å². The third kappa shape index (κ3) is 58.2. The highest BCUT2D eigenvalue weighted by Crippen LogP contribution is 2.31. The van der Waals surface area contributed by atoms with Crippen LogP contribution in [0.25, 0.3) is 0 Å². The summed E-state index contributed by atoms with van der Waals surface area (Å²) in [6, 6.07) is 5.73. The minimum Gasteiger partial charge on any atom is -0.395 e. The van der Waals surface area contributed by atoms with Gasteiger partial charge in [0.15, 0.2) is 0 Å². The summed E-state index contributed by atoms with van der Waals surface area (Å²) in [5.74, 6) is 5.27. The van der Waals surface area contributed by atoms with Crippen molar-refractivity contribution in [2.75, 3.05) is 46.1 Å². The Morgan fingerprint density at radius 2 is 0.845 bits per heavy atom. The van der Waals surface area contributed by atoms with Crippen LogP contribution in [0.2, 0.25) is 0 Å². The average Bonchev–Trinajstić information content (AvgIpc) is 1.45. The van der Waals surface area contributed by atoms with E-state index in [1.165, 1.54) is 0 Å². The second kappa shape index (κ2) is 65.1.